The van der Waals surface area contributed by atoms with Gasteiger partial charge in [-0.1, -0.05) is 26.3 Å². The standard InChI is InChI=1S/C13H21N5O3/c1-4-6-9(3)13(5-2)10(19)15-12(21)18(11(13)20)17-8-7-14-16-17/h5,9,14,16H,2,4,6-8H2,1,3H3,(H,15,19,21). The molecule has 0 aromatic carbocycles. The summed E-state index contributed by atoms with van der Waals surface area (Å²) in [7, 11) is 0. The SMILES string of the molecule is C=CC1(C(C)CCC)C(=O)NC(=O)N(N2CCNN2)C1=O. The second-order valence-corrected chi connectivity index (χ2v) is 5.30. The van der Waals surface area contributed by atoms with Crippen LogP contribution in [0.3, 0.4) is 0 Å². The number of imide groups is 2. The van der Waals surface area contributed by atoms with E-state index in [-0.39, 0.29) is 5.92 Å². The minimum atomic E-state index is -1.42. The number of carbonyl (C=O) groups is 3. The molecule has 2 unspecified atom stereocenters. The highest BCUT2D eigenvalue weighted by Gasteiger charge is 2.56. The van der Waals surface area contributed by atoms with Crippen LogP contribution in [0.1, 0.15) is 26.7 Å². The van der Waals surface area contributed by atoms with Crippen molar-refractivity contribution in [2.75, 3.05) is 13.1 Å². The fraction of sp³-hybridized carbons (Fsp3) is 0.615. The molecule has 0 radical (unpaired) electrons. The molecule has 0 bridgehead atoms. The van der Waals surface area contributed by atoms with Crippen molar-refractivity contribution >= 4 is 17.8 Å². The number of barbiturate groups is 1. The summed E-state index contributed by atoms with van der Waals surface area (Å²) in [4.78, 5) is 37.2. The van der Waals surface area contributed by atoms with E-state index in [0.29, 0.717) is 19.5 Å². The Morgan fingerprint density at radius 3 is 2.67 bits per heavy atom. The number of hydrazine groups is 3. The first-order valence-corrected chi connectivity index (χ1v) is 7.08. The molecular weight excluding hydrogens is 274 g/mol. The average molecular weight is 295 g/mol. The van der Waals surface area contributed by atoms with Gasteiger partial charge < -0.3 is 0 Å². The Kier molecular flexibility index (Phi) is 4.40. The monoisotopic (exact) mass is 295 g/mol. The van der Waals surface area contributed by atoms with Gasteiger partial charge in [-0.15, -0.1) is 11.7 Å². The number of carbonyl (C=O) groups excluding carboxylic acids is 3. The zero-order valence-corrected chi connectivity index (χ0v) is 12.3. The molecule has 0 aromatic heterocycles. The summed E-state index contributed by atoms with van der Waals surface area (Å²) in [5.41, 5.74) is 4.11. The highest BCUT2D eigenvalue weighted by Crippen LogP contribution is 2.37. The van der Waals surface area contributed by atoms with Crippen LogP contribution < -0.4 is 16.3 Å². The predicted octanol–water partition coefficient (Wildman–Crippen LogP) is -0.0868. The molecule has 2 rings (SSSR count). The molecule has 4 amide bonds. The molecule has 0 aromatic rings. The predicted molar refractivity (Wildman–Crippen MR) is 74.9 cm³/mol. The lowest BCUT2D eigenvalue weighted by Crippen LogP contribution is -2.70. The lowest BCUT2D eigenvalue weighted by molar-refractivity contribution is -0.165. The van der Waals surface area contributed by atoms with Crippen molar-refractivity contribution < 1.29 is 14.4 Å². The van der Waals surface area contributed by atoms with Crippen LogP contribution >= 0.6 is 0 Å². The van der Waals surface area contributed by atoms with Crippen molar-refractivity contribution in [1.82, 2.24) is 26.4 Å². The quantitative estimate of drug-likeness (QED) is 0.485. The molecule has 21 heavy (non-hydrogen) atoms. The van der Waals surface area contributed by atoms with E-state index in [4.69, 9.17) is 0 Å². The van der Waals surface area contributed by atoms with E-state index in [0.717, 1.165) is 11.4 Å². The number of nitrogens with zero attached hydrogens (tertiary/aromatic N) is 2. The number of nitrogens with one attached hydrogen (secondary N) is 3. The first-order valence-electron chi connectivity index (χ1n) is 7.08. The summed E-state index contributed by atoms with van der Waals surface area (Å²) in [5.74, 6) is -1.42. The van der Waals surface area contributed by atoms with Crippen LogP contribution in [0.25, 0.3) is 0 Å². The summed E-state index contributed by atoms with van der Waals surface area (Å²) in [6, 6.07) is -0.748. The summed E-state index contributed by atoms with van der Waals surface area (Å²) < 4.78 is 0. The molecule has 2 heterocycles. The van der Waals surface area contributed by atoms with Crippen molar-refractivity contribution in [2.45, 2.75) is 26.7 Å². The highest BCUT2D eigenvalue weighted by atomic mass is 16.2. The summed E-state index contributed by atoms with van der Waals surface area (Å²) in [6.07, 6.45) is 2.86. The van der Waals surface area contributed by atoms with Gasteiger partial charge in [-0.25, -0.2) is 10.2 Å². The fourth-order valence-electron chi connectivity index (χ4n) is 2.83. The molecule has 0 aliphatic carbocycles. The lowest BCUT2D eigenvalue weighted by atomic mass is 9.71. The maximum absolute atomic E-state index is 12.9. The average Bonchev–Trinajstić information content (AvgIpc) is 2.93. The van der Waals surface area contributed by atoms with Crippen LogP contribution in [-0.4, -0.2) is 41.1 Å². The molecule has 2 aliphatic rings. The van der Waals surface area contributed by atoms with Crippen LogP contribution in [0.5, 0.6) is 0 Å². The molecule has 0 saturated carbocycles. The number of amides is 4. The zero-order chi connectivity index (χ0) is 15.6. The van der Waals surface area contributed by atoms with Crippen LogP contribution in [-0.2, 0) is 9.59 Å². The third-order valence-corrected chi connectivity index (χ3v) is 4.05. The Labute approximate surface area is 123 Å². The minimum Gasteiger partial charge on any atom is -0.275 e. The van der Waals surface area contributed by atoms with Gasteiger partial charge in [-0.3, -0.25) is 14.9 Å². The van der Waals surface area contributed by atoms with E-state index in [1.807, 2.05) is 13.8 Å². The maximum Gasteiger partial charge on any atom is 0.347 e. The van der Waals surface area contributed by atoms with E-state index in [2.05, 4.69) is 22.9 Å². The molecular formula is C13H21N5O3. The van der Waals surface area contributed by atoms with Crippen molar-refractivity contribution in [3.8, 4) is 0 Å². The van der Waals surface area contributed by atoms with E-state index < -0.39 is 23.3 Å². The smallest absolute Gasteiger partial charge is 0.275 e. The Morgan fingerprint density at radius 2 is 2.14 bits per heavy atom. The molecule has 2 aliphatic heterocycles. The largest absolute Gasteiger partial charge is 0.347 e. The van der Waals surface area contributed by atoms with Gasteiger partial charge in [0.15, 0.2) is 5.41 Å². The lowest BCUT2D eigenvalue weighted by Gasteiger charge is -2.42. The Balaban J connectivity index is 2.39. The van der Waals surface area contributed by atoms with Crippen LogP contribution in [0.2, 0.25) is 0 Å². The number of hydrogen-bond acceptors (Lipinski definition) is 6. The maximum atomic E-state index is 12.9. The third-order valence-electron chi connectivity index (χ3n) is 4.05. The van der Waals surface area contributed by atoms with Gasteiger partial charge >= 0.3 is 6.03 Å². The fourth-order valence-corrected chi connectivity index (χ4v) is 2.83. The van der Waals surface area contributed by atoms with Gasteiger partial charge in [0.25, 0.3) is 5.91 Å². The van der Waals surface area contributed by atoms with Gasteiger partial charge in [0.2, 0.25) is 5.91 Å². The zero-order valence-electron chi connectivity index (χ0n) is 12.3. The Morgan fingerprint density at radius 1 is 1.43 bits per heavy atom. The molecule has 2 fully saturated rings. The molecule has 116 valence electrons. The van der Waals surface area contributed by atoms with Crippen LogP contribution in [0.15, 0.2) is 12.7 Å². The van der Waals surface area contributed by atoms with Crippen molar-refractivity contribution in [3.05, 3.63) is 12.7 Å². The second kappa shape index (κ2) is 5.92. The Bertz CT molecular complexity index is 474. The van der Waals surface area contributed by atoms with E-state index in [9.17, 15) is 14.4 Å². The van der Waals surface area contributed by atoms with Gasteiger partial charge in [0.1, 0.15) is 0 Å². The van der Waals surface area contributed by atoms with Crippen molar-refractivity contribution in [3.63, 3.8) is 0 Å². The van der Waals surface area contributed by atoms with Gasteiger partial charge in [-0.05, 0) is 12.3 Å². The number of urea groups is 1. The first-order chi connectivity index (χ1) is 9.98. The normalized spacial score (nSPS) is 28.7. The van der Waals surface area contributed by atoms with E-state index >= 15 is 0 Å². The first kappa shape index (κ1) is 15.6. The summed E-state index contributed by atoms with van der Waals surface area (Å²) in [6.45, 7) is 8.49. The molecule has 0 spiro atoms. The van der Waals surface area contributed by atoms with Gasteiger partial charge in [0.05, 0.1) is 0 Å². The topological polar surface area (TPSA) is 93.8 Å². The van der Waals surface area contributed by atoms with Crippen LogP contribution in [0.4, 0.5) is 4.79 Å². The van der Waals surface area contributed by atoms with Gasteiger partial charge in [0, 0.05) is 13.1 Å². The summed E-state index contributed by atoms with van der Waals surface area (Å²) in [5, 5.41) is 4.57. The van der Waals surface area contributed by atoms with Crippen molar-refractivity contribution in [2.24, 2.45) is 11.3 Å². The molecule has 2 atom stereocenters. The minimum absolute atomic E-state index is 0.251. The second-order valence-electron chi connectivity index (χ2n) is 5.30. The number of rotatable bonds is 5. The molecule has 8 nitrogen and oxygen atoms in total. The van der Waals surface area contributed by atoms with Crippen LogP contribution in [0, 0.1) is 11.3 Å². The highest BCUT2D eigenvalue weighted by molar-refractivity contribution is 6.20. The molecule has 8 heteroatoms. The van der Waals surface area contributed by atoms with Crippen molar-refractivity contribution in [1.29, 1.82) is 0 Å². The molecule has 3 N–H and O–H groups in total. The van der Waals surface area contributed by atoms with E-state index in [1.54, 1.807) is 0 Å². The summed E-state index contributed by atoms with van der Waals surface area (Å²) >= 11 is 0. The molecule has 2 saturated heterocycles. The number of hydrogen-bond donors (Lipinski definition) is 3. The van der Waals surface area contributed by atoms with E-state index in [1.165, 1.54) is 11.2 Å². The third kappa shape index (κ3) is 2.35. The Hall–Kier alpha value is -1.77. The van der Waals surface area contributed by atoms with Gasteiger partial charge in [-0.2, -0.15) is 10.5 Å².